The van der Waals surface area contributed by atoms with E-state index in [0.29, 0.717) is 17.9 Å². The molecule has 0 saturated heterocycles. The average Bonchev–Trinajstić information content (AvgIpc) is 2.95. The predicted octanol–water partition coefficient (Wildman–Crippen LogP) is 2.76. The minimum atomic E-state index is -0.239. The summed E-state index contributed by atoms with van der Waals surface area (Å²) >= 11 is 0. The van der Waals surface area contributed by atoms with Gasteiger partial charge in [0.05, 0.1) is 5.52 Å². The molecule has 122 valence electrons. The van der Waals surface area contributed by atoms with Gasteiger partial charge >= 0.3 is 0 Å². The monoisotopic (exact) mass is 322 g/mol. The van der Waals surface area contributed by atoms with Crippen molar-refractivity contribution in [1.29, 1.82) is 0 Å². The summed E-state index contributed by atoms with van der Waals surface area (Å²) in [6.07, 6.45) is 0. The fourth-order valence-corrected chi connectivity index (χ4v) is 2.53. The van der Waals surface area contributed by atoms with Gasteiger partial charge in [0.2, 0.25) is 5.91 Å². The lowest BCUT2D eigenvalue weighted by molar-refractivity contribution is -0.114. The van der Waals surface area contributed by atoms with Crippen LogP contribution in [0.2, 0.25) is 0 Å². The van der Waals surface area contributed by atoms with E-state index in [9.17, 15) is 9.59 Å². The largest absolute Gasteiger partial charge is 0.347 e. The van der Waals surface area contributed by atoms with Crippen LogP contribution >= 0.6 is 0 Å². The Labute approximate surface area is 139 Å². The molecule has 0 spiro atoms. The quantitative estimate of drug-likeness (QED) is 0.690. The first-order chi connectivity index (χ1) is 11.5. The number of nitrogens with zero attached hydrogens (tertiary/aromatic N) is 1. The lowest BCUT2D eigenvalue weighted by Gasteiger charge is -2.07. The number of benzene rings is 2. The molecule has 6 nitrogen and oxygen atoms in total. The van der Waals surface area contributed by atoms with Crippen LogP contribution in [0.25, 0.3) is 10.9 Å². The number of carbonyl (C=O) groups is 2. The van der Waals surface area contributed by atoms with Crippen LogP contribution < -0.4 is 10.6 Å². The Morgan fingerprint density at radius 1 is 1.17 bits per heavy atom. The zero-order chi connectivity index (χ0) is 17.1. The van der Waals surface area contributed by atoms with Crippen molar-refractivity contribution >= 4 is 28.4 Å². The molecule has 0 atom stereocenters. The third-order valence-electron chi connectivity index (χ3n) is 3.63. The van der Waals surface area contributed by atoms with E-state index in [1.165, 1.54) is 6.92 Å². The third-order valence-corrected chi connectivity index (χ3v) is 3.63. The fourth-order valence-electron chi connectivity index (χ4n) is 2.53. The van der Waals surface area contributed by atoms with Gasteiger partial charge in [-0.3, -0.25) is 14.7 Å². The first-order valence-corrected chi connectivity index (χ1v) is 7.62. The van der Waals surface area contributed by atoms with Crippen LogP contribution in [0.1, 0.15) is 28.5 Å². The van der Waals surface area contributed by atoms with Crippen molar-refractivity contribution in [3.63, 3.8) is 0 Å². The summed E-state index contributed by atoms with van der Waals surface area (Å²) in [7, 11) is 0. The van der Waals surface area contributed by atoms with Crippen LogP contribution in [-0.2, 0) is 11.3 Å². The Morgan fingerprint density at radius 2 is 2.00 bits per heavy atom. The molecule has 0 aliphatic carbocycles. The molecule has 2 amide bonds. The molecule has 1 heterocycles. The van der Waals surface area contributed by atoms with Crippen LogP contribution in [0, 0.1) is 6.92 Å². The van der Waals surface area contributed by atoms with Crippen molar-refractivity contribution in [1.82, 2.24) is 15.5 Å². The summed E-state index contributed by atoms with van der Waals surface area (Å²) in [5.41, 5.74) is 3.88. The summed E-state index contributed by atoms with van der Waals surface area (Å²) < 4.78 is 0. The van der Waals surface area contributed by atoms with Crippen molar-refractivity contribution in [2.75, 3.05) is 5.32 Å². The van der Waals surface area contributed by atoms with Gasteiger partial charge in [0.1, 0.15) is 0 Å². The molecule has 0 bridgehead atoms. The van der Waals surface area contributed by atoms with Crippen molar-refractivity contribution in [3.05, 3.63) is 59.3 Å². The lowest BCUT2D eigenvalue weighted by atomic mass is 10.1. The molecule has 3 rings (SSSR count). The normalized spacial score (nSPS) is 10.6. The van der Waals surface area contributed by atoms with Crippen LogP contribution in [0.4, 0.5) is 5.69 Å². The number of nitrogens with one attached hydrogen (secondary N) is 3. The van der Waals surface area contributed by atoms with Crippen LogP contribution in [0.3, 0.4) is 0 Å². The maximum Gasteiger partial charge on any atom is 0.272 e. The number of fused-ring (bicyclic) bond motifs is 1. The summed E-state index contributed by atoms with van der Waals surface area (Å²) in [6.45, 7) is 3.78. The molecule has 24 heavy (non-hydrogen) atoms. The van der Waals surface area contributed by atoms with Gasteiger partial charge in [0.25, 0.3) is 5.91 Å². The van der Waals surface area contributed by atoms with E-state index < -0.39 is 0 Å². The van der Waals surface area contributed by atoms with Crippen molar-refractivity contribution < 1.29 is 9.59 Å². The third kappa shape index (κ3) is 3.43. The summed E-state index contributed by atoms with van der Waals surface area (Å²) in [4.78, 5) is 23.5. The maximum atomic E-state index is 12.4. The van der Waals surface area contributed by atoms with Crippen LogP contribution in [-0.4, -0.2) is 22.0 Å². The molecule has 0 fully saturated rings. The zero-order valence-electron chi connectivity index (χ0n) is 13.5. The van der Waals surface area contributed by atoms with E-state index in [2.05, 4.69) is 20.8 Å². The second kappa shape index (κ2) is 6.54. The average molecular weight is 322 g/mol. The Balaban J connectivity index is 1.73. The van der Waals surface area contributed by atoms with E-state index in [4.69, 9.17) is 0 Å². The first-order valence-electron chi connectivity index (χ1n) is 7.62. The molecule has 2 aromatic carbocycles. The number of carbonyl (C=O) groups excluding carboxylic acids is 2. The van der Waals surface area contributed by atoms with Crippen LogP contribution in [0.15, 0.2) is 42.5 Å². The topological polar surface area (TPSA) is 86.9 Å². The molecular formula is C18H18N4O2. The van der Waals surface area contributed by atoms with Gasteiger partial charge in [-0.1, -0.05) is 23.8 Å². The Hall–Kier alpha value is -3.15. The highest BCUT2D eigenvalue weighted by Crippen LogP contribution is 2.17. The van der Waals surface area contributed by atoms with Gasteiger partial charge in [-0.2, -0.15) is 5.10 Å². The van der Waals surface area contributed by atoms with E-state index in [-0.39, 0.29) is 11.8 Å². The second-order valence-corrected chi connectivity index (χ2v) is 5.69. The molecule has 0 unspecified atom stereocenters. The van der Waals surface area contributed by atoms with Gasteiger partial charge in [-0.25, -0.2) is 0 Å². The lowest BCUT2D eigenvalue weighted by Crippen LogP contribution is -2.23. The minimum Gasteiger partial charge on any atom is -0.347 e. The first kappa shape index (κ1) is 15.7. The molecule has 3 aromatic rings. The Morgan fingerprint density at radius 3 is 2.79 bits per heavy atom. The Bertz CT molecular complexity index is 914. The van der Waals surface area contributed by atoms with Crippen molar-refractivity contribution in [3.8, 4) is 0 Å². The van der Waals surface area contributed by atoms with Crippen LogP contribution in [0.5, 0.6) is 0 Å². The number of hydrogen-bond acceptors (Lipinski definition) is 3. The zero-order valence-corrected chi connectivity index (χ0v) is 13.5. The molecule has 3 N–H and O–H groups in total. The SMILES string of the molecule is CC(=O)Nc1cccc(CNC(=O)c2n[nH]c3ccc(C)cc23)c1. The summed E-state index contributed by atoms with van der Waals surface area (Å²) in [5.74, 6) is -0.369. The van der Waals surface area contributed by atoms with E-state index >= 15 is 0 Å². The highest BCUT2D eigenvalue weighted by molar-refractivity contribution is 6.04. The minimum absolute atomic E-state index is 0.130. The molecule has 0 saturated carbocycles. The van der Waals surface area contributed by atoms with Gasteiger partial charge in [0.15, 0.2) is 5.69 Å². The molecule has 0 radical (unpaired) electrons. The molecular weight excluding hydrogens is 304 g/mol. The van der Waals surface area contributed by atoms with E-state index in [1.54, 1.807) is 6.07 Å². The van der Waals surface area contributed by atoms with Gasteiger partial charge in [-0.15, -0.1) is 0 Å². The number of rotatable bonds is 4. The number of hydrogen-bond donors (Lipinski definition) is 3. The van der Waals surface area contributed by atoms with Crippen molar-refractivity contribution in [2.45, 2.75) is 20.4 Å². The standard InChI is InChI=1S/C18H18N4O2/c1-11-6-7-16-15(8-11)17(22-21-16)18(24)19-10-13-4-3-5-14(9-13)20-12(2)23/h3-9H,10H2,1-2H3,(H,19,24)(H,20,23)(H,21,22). The second-order valence-electron chi connectivity index (χ2n) is 5.69. The number of aryl methyl sites for hydroxylation is 1. The van der Waals surface area contributed by atoms with Gasteiger partial charge in [-0.05, 0) is 36.8 Å². The van der Waals surface area contributed by atoms with Gasteiger partial charge < -0.3 is 10.6 Å². The molecule has 0 aliphatic rings. The predicted molar refractivity (Wildman–Crippen MR) is 92.7 cm³/mol. The number of aromatic nitrogens is 2. The number of amides is 2. The van der Waals surface area contributed by atoms with E-state index in [1.807, 2.05) is 43.3 Å². The van der Waals surface area contributed by atoms with Gasteiger partial charge in [0, 0.05) is 24.5 Å². The summed E-state index contributed by atoms with van der Waals surface area (Å²) in [5, 5.41) is 13.4. The van der Waals surface area contributed by atoms with Crippen molar-refractivity contribution in [2.24, 2.45) is 0 Å². The fraction of sp³-hybridized carbons (Fsp3) is 0.167. The number of H-pyrrole nitrogens is 1. The number of anilines is 1. The highest BCUT2D eigenvalue weighted by atomic mass is 16.2. The molecule has 1 aromatic heterocycles. The number of aromatic amines is 1. The molecule has 0 aliphatic heterocycles. The maximum absolute atomic E-state index is 12.4. The molecule has 6 heteroatoms. The highest BCUT2D eigenvalue weighted by Gasteiger charge is 2.14. The Kier molecular flexibility index (Phi) is 4.29. The summed E-state index contributed by atoms with van der Waals surface area (Å²) in [6, 6.07) is 13.2. The van der Waals surface area contributed by atoms with E-state index in [0.717, 1.165) is 22.0 Å². The smallest absolute Gasteiger partial charge is 0.272 e.